The van der Waals surface area contributed by atoms with Crippen LogP contribution in [0.25, 0.3) is 11.4 Å². The summed E-state index contributed by atoms with van der Waals surface area (Å²) >= 11 is 0. The summed E-state index contributed by atoms with van der Waals surface area (Å²) in [7, 11) is -0.801. The molecule has 0 N–H and O–H groups in total. The first-order chi connectivity index (χ1) is 15.8. The Morgan fingerprint density at radius 2 is 2.06 bits per heavy atom. The van der Waals surface area contributed by atoms with Crippen LogP contribution >= 0.6 is 0 Å². The van der Waals surface area contributed by atoms with Gasteiger partial charge in [0.05, 0.1) is 52.6 Å². The molecule has 0 radical (unpaired) electrons. The summed E-state index contributed by atoms with van der Waals surface area (Å²) in [5.41, 5.74) is 2.50. The van der Waals surface area contributed by atoms with Crippen molar-refractivity contribution in [3.8, 4) is 17.3 Å². The van der Waals surface area contributed by atoms with Gasteiger partial charge in [0.2, 0.25) is 5.88 Å². The van der Waals surface area contributed by atoms with Crippen LogP contribution in [0.5, 0.6) is 5.88 Å². The van der Waals surface area contributed by atoms with Crippen molar-refractivity contribution in [3.05, 3.63) is 29.6 Å². The number of pyridine rings is 1. The van der Waals surface area contributed by atoms with Gasteiger partial charge in [0.15, 0.2) is 5.82 Å². The van der Waals surface area contributed by atoms with E-state index in [4.69, 9.17) is 23.8 Å². The second-order valence-electron chi connectivity index (χ2n) is 9.61. The van der Waals surface area contributed by atoms with E-state index in [9.17, 15) is 4.21 Å². The van der Waals surface area contributed by atoms with Gasteiger partial charge in [-0.1, -0.05) is 0 Å². The van der Waals surface area contributed by atoms with Gasteiger partial charge >= 0.3 is 0 Å². The van der Waals surface area contributed by atoms with Crippen molar-refractivity contribution in [2.75, 3.05) is 37.5 Å². The number of anilines is 1. The molecule has 1 aliphatic carbocycles. The van der Waals surface area contributed by atoms with Gasteiger partial charge in [0, 0.05) is 35.7 Å². The average molecular weight is 472 g/mol. The zero-order valence-electron chi connectivity index (χ0n) is 19.9. The fraction of sp³-hybridized carbons (Fsp3) is 0.625. The van der Waals surface area contributed by atoms with E-state index in [2.05, 4.69) is 23.7 Å². The molecule has 2 unspecified atom stereocenters. The number of ether oxygens (including phenoxy) is 2. The summed E-state index contributed by atoms with van der Waals surface area (Å²) in [6.07, 6.45) is 3.81. The minimum atomic E-state index is -2.41. The highest BCUT2D eigenvalue weighted by molar-refractivity contribution is 7.94. The summed E-state index contributed by atoms with van der Waals surface area (Å²) in [5.74, 6) is 2.62. The van der Waals surface area contributed by atoms with E-state index in [1.54, 1.807) is 7.11 Å². The fourth-order valence-corrected chi connectivity index (χ4v) is 7.70. The summed E-state index contributed by atoms with van der Waals surface area (Å²) in [6.45, 7) is 8.23. The van der Waals surface area contributed by atoms with Crippen LogP contribution in [0.1, 0.15) is 50.9 Å². The van der Waals surface area contributed by atoms with Crippen LogP contribution in [-0.2, 0) is 19.2 Å². The Hall–Kier alpha value is -2.26. The third-order valence-corrected chi connectivity index (χ3v) is 10.3. The number of hydrogen-bond acceptors (Lipinski definition) is 8. The van der Waals surface area contributed by atoms with Crippen LogP contribution in [0.4, 0.5) is 5.82 Å². The molecule has 2 saturated heterocycles. The van der Waals surface area contributed by atoms with E-state index in [0.717, 1.165) is 55.0 Å². The lowest BCUT2D eigenvalue weighted by atomic mass is 10.0. The lowest BCUT2D eigenvalue weighted by molar-refractivity contribution is 0.0985. The van der Waals surface area contributed by atoms with Crippen molar-refractivity contribution < 1.29 is 13.7 Å². The van der Waals surface area contributed by atoms with Crippen LogP contribution in [0.2, 0.25) is 0 Å². The first-order valence-electron chi connectivity index (χ1n) is 11.8. The van der Waals surface area contributed by atoms with Crippen LogP contribution in [0, 0.1) is 6.92 Å². The van der Waals surface area contributed by atoms with Gasteiger partial charge in [-0.15, -0.1) is 0 Å². The third kappa shape index (κ3) is 4.21. The quantitative estimate of drug-likeness (QED) is 0.656. The van der Waals surface area contributed by atoms with E-state index in [0.29, 0.717) is 30.7 Å². The average Bonchev–Trinajstić information content (AvgIpc) is 3.56. The van der Waals surface area contributed by atoms with Crippen LogP contribution in [-0.4, -0.2) is 63.9 Å². The molecule has 8 nitrogen and oxygen atoms in total. The lowest BCUT2D eigenvalue weighted by Gasteiger charge is -2.35. The fourth-order valence-electron chi connectivity index (χ4n) is 4.79. The van der Waals surface area contributed by atoms with E-state index in [-0.39, 0.29) is 12.1 Å². The SMILES string of the molecule is COc1cc(-c2nc(N3CCOC[C@H]3C)cc(C3(C)CCCS3(=O)=NC3CC3)n2)cc(C)n1. The molecule has 1 saturated carbocycles. The smallest absolute Gasteiger partial charge is 0.213 e. The summed E-state index contributed by atoms with van der Waals surface area (Å²) in [6, 6.07) is 6.32. The number of aryl methyl sites for hydroxylation is 1. The Morgan fingerprint density at radius 3 is 2.79 bits per heavy atom. The molecule has 0 aromatic carbocycles. The summed E-state index contributed by atoms with van der Waals surface area (Å²) in [4.78, 5) is 16.7. The number of rotatable bonds is 5. The van der Waals surface area contributed by atoms with E-state index in [1.807, 2.05) is 25.1 Å². The largest absolute Gasteiger partial charge is 0.481 e. The number of aromatic nitrogens is 3. The predicted molar refractivity (Wildman–Crippen MR) is 129 cm³/mol. The molecule has 33 heavy (non-hydrogen) atoms. The molecule has 5 rings (SSSR count). The monoisotopic (exact) mass is 471 g/mol. The molecule has 3 atom stereocenters. The van der Waals surface area contributed by atoms with Gasteiger partial charge in [-0.25, -0.2) is 23.5 Å². The minimum Gasteiger partial charge on any atom is -0.481 e. The molecule has 0 bridgehead atoms. The maximum absolute atomic E-state index is 14.2. The standard InChI is InChI=1S/C24H33N5O3S/c1-16-12-18(13-22(25-16)31-4)23-26-20(14-21(27-23)29-9-10-32-15-17(29)2)24(3)8-5-11-33(24,30)28-19-6-7-19/h12-14,17,19H,5-11,15H2,1-4H3/t17-,24?,33?/m1/s1. The van der Waals surface area contributed by atoms with Crippen molar-refractivity contribution in [2.45, 2.75) is 63.3 Å². The van der Waals surface area contributed by atoms with Gasteiger partial charge < -0.3 is 14.4 Å². The highest BCUT2D eigenvalue weighted by Crippen LogP contribution is 2.45. The van der Waals surface area contributed by atoms with Crippen LogP contribution in [0.3, 0.4) is 0 Å². The Morgan fingerprint density at radius 1 is 1.24 bits per heavy atom. The second kappa shape index (κ2) is 8.51. The van der Waals surface area contributed by atoms with Gasteiger partial charge in [0.1, 0.15) is 5.82 Å². The van der Waals surface area contributed by atoms with Crippen LogP contribution in [0.15, 0.2) is 22.6 Å². The second-order valence-corrected chi connectivity index (χ2v) is 12.4. The number of hydrogen-bond donors (Lipinski definition) is 0. The first kappa shape index (κ1) is 22.5. The Kier molecular flexibility index (Phi) is 5.81. The molecule has 2 aromatic rings. The molecule has 0 amide bonds. The van der Waals surface area contributed by atoms with Crippen molar-refractivity contribution in [1.29, 1.82) is 0 Å². The Labute approximate surface area is 196 Å². The number of morpholine rings is 1. The first-order valence-corrected chi connectivity index (χ1v) is 13.5. The normalized spacial score (nSPS) is 29.8. The predicted octanol–water partition coefficient (Wildman–Crippen LogP) is 3.72. The van der Waals surface area contributed by atoms with Crippen molar-refractivity contribution in [3.63, 3.8) is 0 Å². The molecular weight excluding hydrogens is 438 g/mol. The zero-order valence-corrected chi connectivity index (χ0v) is 20.7. The Balaban J connectivity index is 1.68. The van der Waals surface area contributed by atoms with Crippen molar-refractivity contribution in [1.82, 2.24) is 15.0 Å². The maximum Gasteiger partial charge on any atom is 0.213 e. The topological polar surface area (TPSA) is 89.8 Å². The summed E-state index contributed by atoms with van der Waals surface area (Å²) < 4.78 is 29.5. The van der Waals surface area contributed by atoms with Gasteiger partial charge in [0.25, 0.3) is 0 Å². The molecule has 3 fully saturated rings. The molecule has 0 spiro atoms. The molecule has 2 aliphatic heterocycles. The third-order valence-electron chi connectivity index (χ3n) is 6.96. The Bertz CT molecular complexity index is 1170. The van der Waals surface area contributed by atoms with Crippen molar-refractivity contribution >= 4 is 15.5 Å². The van der Waals surface area contributed by atoms with Gasteiger partial charge in [-0.2, -0.15) is 0 Å². The lowest BCUT2D eigenvalue weighted by Crippen LogP contribution is -2.44. The van der Waals surface area contributed by atoms with E-state index >= 15 is 0 Å². The minimum absolute atomic E-state index is 0.194. The number of methoxy groups -OCH3 is 1. The molecular formula is C24H33N5O3S. The van der Waals surface area contributed by atoms with Crippen molar-refractivity contribution in [2.24, 2.45) is 4.36 Å². The maximum atomic E-state index is 14.2. The molecule has 2 aromatic heterocycles. The van der Waals surface area contributed by atoms with E-state index < -0.39 is 14.5 Å². The molecule has 178 valence electrons. The zero-order chi connectivity index (χ0) is 23.2. The van der Waals surface area contributed by atoms with Crippen LogP contribution < -0.4 is 9.64 Å². The van der Waals surface area contributed by atoms with Gasteiger partial charge in [-0.3, -0.25) is 0 Å². The molecule has 4 heterocycles. The molecule has 9 heteroatoms. The summed E-state index contributed by atoms with van der Waals surface area (Å²) in [5, 5.41) is 0. The molecule has 3 aliphatic rings. The highest BCUT2D eigenvalue weighted by Gasteiger charge is 2.46. The highest BCUT2D eigenvalue weighted by atomic mass is 32.2. The van der Waals surface area contributed by atoms with Gasteiger partial charge in [-0.05, 0) is 52.5 Å². The number of nitrogens with zero attached hydrogens (tertiary/aromatic N) is 5. The van der Waals surface area contributed by atoms with E-state index in [1.165, 1.54) is 0 Å².